The minimum atomic E-state index is -0.381. The second-order valence-electron chi connectivity index (χ2n) is 8.01. The topological polar surface area (TPSA) is 86.1 Å². The molecule has 3 aromatic heterocycles. The number of amides is 1. The Kier molecular flexibility index (Phi) is 7.87. The van der Waals surface area contributed by atoms with Gasteiger partial charge in [-0.3, -0.25) is 4.79 Å². The van der Waals surface area contributed by atoms with Crippen molar-refractivity contribution in [2.45, 2.75) is 57.0 Å². The molecule has 0 saturated heterocycles. The van der Waals surface area contributed by atoms with E-state index in [4.69, 9.17) is 4.74 Å². The van der Waals surface area contributed by atoms with Gasteiger partial charge in [0.05, 0.1) is 18.4 Å². The molecule has 0 unspecified atom stereocenters. The Morgan fingerprint density at radius 2 is 2.06 bits per heavy atom. The number of methoxy groups -OCH3 is 1. The Hall–Kier alpha value is -2.17. The van der Waals surface area contributed by atoms with Crippen LogP contribution in [0.1, 0.15) is 58.3 Å². The number of ether oxygens (including phenoxy) is 1. The van der Waals surface area contributed by atoms with Crippen molar-refractivity contribution < 1.29 is 14.3 Å². The first-order chi connectivity index (χ1) is 16.0. The molecule has 0 spiro atoms. The summed E-state index contributed by atoms with van der Waals surface area (Å²) in [5.41, 5.74) is 2.63. The van der Waals surface area contributed by atoms with E-state index in [2.05, 4.69) is 33.9 Å². The molecule has 0 aromatic carbocycles. The summed E-state index contributed by atoms with van der Waals surface area (Å²) in [7, 11) is 3.30. The zero-order chi connectivity index (χ0) is 23.4. The molecule has 7 nitrogen and oxygen atoms in total. The number of fused-ring (bicyclic) bond motifs is 1. The van der Waals surface area contributed by atoms with E-state index in [1.54, 1.807) is 11.3 Å². The van der Waals surface area contributed by atoms with Crippen LogP contribution in [0.15, 0.2) is 16.6 Å². The lowest BCUT2D eigenvalue weighted by molar-refractivity contribution is -0.113. The maximum atomic E-state index is 12.8. The van der Waals surface area contributed by atoms with Gasteiger partial charge in [0.25, 0.3) is 0 Å². The largest absolute Gasteiger partial charge is 0.465 e. The van der Waals surface area contributed by atoms with Gasteiger partial charge in [-0.1, -0.05) is 31.5 Å². The second kappa shape index (κ2) is 10.8. The lowest BCUT2D eigenvalue weighted by Gasteiger charge is -2.07. The monoisotopic (exact) mass is 504 g/mol. The van der Waals surface area contributed by atoms with Crippen LogP contribution < -0.4 is 5.32 Å². The quantitative estimate of drug-likeness (QED) is 0.253. The van der Waals surface area contributed by atoms with E-state index >= 15 is 0 Å². The SMILES string of the molecule is CCCc1cc(-c2nnc(SCC(=O)Nc3sc4c(c3C(=O)OC)CCCCC4)n2C)cs1. The highest BCUT2D eigenvalue weighted by Gasteiger charge is 2.26. The van der Waals surface area contributed by atoms with Crippen LogP contribution >= 0.6 is 34.4 Å². The van der Waals surface area contributed by atoms with Gasteiger partial charge in [0, 0.05) is 27.7 Å². The lowest BCUT2D eigenvalue weighted by Crippen LogP contribution is -2.16. The molecule has 1 N–H and O–H groups in total. The van der Waals surface area contributed by atoms with Crippen LogP contribution in [-0.2, 0) is 35.8 Å². The van der Waals surface area contributed by atoms with Gasteiger partial charge in [-0.2, -0.15) is 0 Å². The van der Waals surface area contributed by atoms with Gasteiger partial charge in [0.2, 0.25) is 5.91 Å². The Labute approximate surface area is 206 Å². The third kappa shape index (κ3) is 5.33. The molecule has 3 aromatic rings. The highest BCUT2D eigenvalue weighted by Crippen LogP contribution is 2.38. The molecule has 1 amide bonds. The van der Waals surface area contributed by atoms with E-state index in [9.17, 15) is 9.59 Å². The molecule has 1 aliphatic rings. The van der Waals surface area contributed by atoms with E-state index in [0.717, 1.165) is 61.9 Å². The predicted octanol–water partition coefficient (Wildman–Crippen LogP) is 5.34. The number of aromatic nitrogens is 3. The summed E-state index contributed by atoms with van der Waals surface area (Å²) in [4.78, 5) is 27.8. The molecule has 0 aliphatic heterocycles. The van der Waals surface area contributed by atoms with Gasteiger partial charge in [0.1, 0.15) is 5.00 Å². The molecule has 10 heteroatoms. The number of carbonyl (C=O) groups is 2. The molecule has 3 heterocycles. The Morgan fingerprint density at radius 3 is 2.85 bits per heavy atom. The van der Waals surface area contributed by atoms with Crippen LogP contribution in [0.5, 0.6) is 0 Å². The maximum absolute atomic E-state index is 12.8. The molecule has 33 heavy (non-hydrogen) atoms. The fourth-order valence-corrected chi connectivity index (χ4v) is 6.98. The minimum absolute atomic E-state index is 0.174. The molecule has 0 bridgehead atoms. The summed E-state index contributed by atoms with van der Waals surface area (Å²) in [5.74, 6) is 0.423. The first-order valence-corrected chi connectivity index (χ1v) is 13.8. The van der Waals surface area contributed by atoms with Crippen molar-refractivity contribution in [1.29, 1.82) is 0 Å². The van der Waals surface area contributed by atoms with Crippen LogP contribution in [0.3, 0.4) is 0 Å². The summed E-state index contributed by atoms with van der Waals surface area (Å²) in [6.45, 7) is 2.17. The average Bonchev–Trinajstić information content (AvgIpc) is 3.45. The zero-order valence-electron chi connectivity index (χ0n) is 19.1. The van der Waals surface area contributed by atoms with Crippen LogP contribution in [0.2, 0.25) is 0 Å². The molecule has 0 saturated carbocycles. The standard InChI is InChI=1S/C23H28N4O3S3/c1-4-8-15-11-14(12-31-15)20-25-26-23(27(20)2)32-13-18(28)24-21-19(22(29)30-3)16-9-6-5-7-10-17(16)33-21/h11-12H,4-10,13H2,1-3H3,(H,24,28). The van der Waals surface area contributed by atoms with E-state index in [-0.39, 0.29) is 17.6 Å². The number of rotatable bonds is 8. The number of carbonyl (C=O) groups excluding carboxylic acids is 2. The number of nitrogens with zero attached hydrogens (tertiary/aromatic N) is 3. The molecule has 0 radical (unpaired) electrons. The maximum Gasteiger partial charge on any atom is 0.341 e. The Morgan fingerprint density at radius 1 is 1.24 bits per heavy atom. The summed E-state index contributed by atoms with van der Waals surface area (Å²) in [6.07, 6.45) is 7.28. The second-order valence-corrected chi connectivity index (χ2v) is 11.1. The van der Waals surface area contributed by atoms with Crippen molar-refractivity contribution in [2.24, 2.45) is 7.05 Å². The first-order valence-electron chi connectivity index (χ1n) is 11.1. The fourth-order valence-electron chi connectivity index (χ4n) is 4.01. The van der Waals surface area contributed by atoms with Crippen molar-refractivity contribution in [2.75, 3.05) is 18.2 Å². The average molecular weight is 505 g/mol. The fraction of sp³-hybridized carbons (Fsp3) is 0.478. The molecule has 176 valence electrons. The number of hydrogen-bond donors (Lipinski definition) is 1. The smallest absolute Gasteiger partial charge is 0.341 e. The van der Waals surface area contributed by atoms with Gasteiger partial charge in [-0.15, -0.1) is 32.9 Å². The summed E-state index contributed by atoms with van der Waals surface area (Å²) in [5, 5.41) is 14.9. The van der Waals surface area contributed by atoms with Crippen LogP contribution in [-0.4, -0.2) is 39.5 Å². The molecule has 0 atom stereocenters. The number of esters is 1. The number of thiophene rings is 2. The van der Waals surface area contributed by atoms with Crippen molar-refractivity contribution in [3.8, 4) is 11.4 Å². The van der Waals surface area contributed by atoms with E-state index in [0.29, 0.717) is 15.7 Å². The van der Waals surface area contributed by atoms with Crippen LogP contribution in [0.25, 0.3) is 11.4 Å². The van der Waals surface area contributed by atoms with E-state index in [1.165, 1.54) is 40.0 Å². The number of nitrogens with one attached hydrogen (secondary N) is 1. The van der Waals surface area contributed by atoms with Gasteiger partial charge < -0.3 is 14.6 Å². The number of anilines is 1. The molecular weight excluding hydrogens is 476 g/mol. The molecule has 0 fully saturated rings. The van der Waals surface area contributed by atoms with Gasteiger partial charge in [-0.05, 0) is 43.7 Å². The lowest BCUT2D eigenvalue weighted by atomic mass is 10.1. The van der Waals surface area contributed by atoms with Crippen LogP contribution in [0.4, 0.5) is 5.00 Å². The summed E-state index contributed by atoms with van der Waals surface area (Å²) < 4.78 is 6.94. The third-order valence-electron chi connectivity index (χ3n) is 5.64. The van der Waals surface area contributed by atoms with Crippen molar-refractivity contribution >= 4 is 51.3 Å². The summed E-state index contributed by atoms with van der Waals surface area (Å²) >= 11 is 4.58. The number of hydrogen-bond acceptors (Lipinski definition) is 8. The molecule has 1 aliphatic carbocycles. The normalized spacial score (nSPS) is 13.4. The van der Waals surface area contributed by atoms with Crippen molar-refractivity contribution in [3.63, 3.8) is 0 Å². The number of aryl methyl sites for hydroxylation is 2. The van der Waals surface area contributed by atoms with Gasteiger partial charge in [0.15, 0.2) is 11.0 Å². The first kappa shape index (κ1) is 24.0. The molecular formula is C23H28N4O3S3. The van der Waals surface area contributed by atoms with E-state index < -0.39 is 0 Å². The number of thioether (sulfide) groups is 1. The Balaban J connectivity index is 1.44. The highest BCUT2D eigenvalue weighted by atomic mass is 32.2. The van der Waals surface area contributed by atoms with Crippen LogP contribution in [0, 0.1) is 0 Å². The van der Waals surface area contributed by atoms with Crippen molar-refractivity contribution in [1.82, 2.24) is 14.8 Å². The third-order valence-corrected chi connectivity index (χ3v) is 8.86. The predicted molar refractivity (Wildman–Crippen MR) is 135 cm³/mol. The highest BCUT2D eigenvalue weighted by molar-refractivity contribution is 7.99. The summed E-state index contributed by atoms with van der Waals surface area (Å²) in [6, 6.07) is 2.16. The van der Waals surface area contributed by atoms with Crippen molar-refractivity contribution in [3.05, 3.63) is 32.3 Å². The van der Waals surface area contributed by atoms with Gasteiger partial charge >= 0.3 is 5.97 Å². The minimum Gasteiger partial charge on any atom is -0.465 e. The molecule has 4 rings (SSSR count). The van der Waals surface area contributed by atoms with E-state index in [1.807, 2.05) is 11.6 Å². The zero-order valence-corrected chi connectivity index (χ0v) is 21.6. The Bertz CT molecular complexity index is 1150. The van der Waals surface area contributed by atoms with Gasteiger partial charge in [-0.25, -0.2) is 4.79 Å².